The molecule has 5 rings (SSSR count). The van der Waals surface area contributed by atoms with Gasteiger partial charge >= 0.3 is 0 Å². The van der Waals surface area contributed by atoms with Gasteiger partial charge in [-0.25, -0.2) is 4.98 Å². The van der Waals surface area contributed by atoms with Crippen LogP contribution in [0, 0.1) is 0 Å². The Morgan fingerprint density at radius 1 is 1.12 bits per heavy atom. The predicted molar refractivity (Wildman–Crippen MR) is 123 cm³/mol. The smallest absolute Gasteiger partial charge is 0.253 e. The molecule has 3 aliphatic heterocycles. The highest BCUT2D eigenvalue weighted by Crippen LogP contribution is 2.40. The van der Waals surface area contributed by atoms with Gasteiger partial charge in [0.2, 0.25) is 0 Å². The minimum Gasteiger partial charge on any atom is -0.490 e. The molecule has 34 heavy (non-hydrogen) atoms. The SMILES string of the molecule is C=CCOc1ccc(C(=O)N2CCC3(CC2)OC(C(=O)N2CCOCC2)Cn2ccnc23)cc1. The van der Waals surface area contributed by atoms with Gasteiger partial charge in [0.25, 0.3) is 11.8 Å². The summed E-state index contributed by atoms with van der Waals surface area (Å²) < 4.78 is 19.4. The topological polar surface area (TPSA) is 86.1 Å². The predicted octanol–water partition coefficient (Wildman–Crippen LogP) is 1.84. The molecule has 2 fully saturated rings. The van der Waals surface area contributed by atoms with E-state index in [0.717, 1.165) is 5.82 Å². The lowest BCUT2D eigenvalue weighted by atomic mass is 9.88. The summed E-state index contributed by atoms with van der Waals surface area (Å²) in [4.78, 5) is 34.5. The van der Waals surface area contributed by atoms with Crippen molar-refractivity contribution in [3.05, 3.63) is 60.7 Å². The molecule has 1 spiro atoms. The van der Waals surface area contributed by atoms with Crippen LogP contribution in [0.3, 0.4) is 0 Å². The molecule has 0 bridgehead atoms. The van der Waals surface area contributed by atoms with Gasteiger partial charge in [-0.15, -0.1) is 0 Å². The van der Waals surface area contributed by atoms with Crippen LogP contribution in [-0.4, -0.2) is 83.3 Å². The number of carbonyl (C=O) groups is 2. The fourth-order valence-corrected chi connectivity index (χ4v) is 4.96. The van der Waals surface area contributed by atoms with Crippen LogP contribution in [0.4, 0.5) is 0 Å². The van der Waals surface area contributed by atoms with E-state index in [1.165, 1.54) is 0 Å². The van der Waals surface area contributed by atoms with E-state index in [-0.39, 0.29) is 11.8 Å². The van der Waals surface area contributed by atoms with Crippen LogP contribution in [-0.2, 0) is 26.4 Å². The number of rotatable bonds is 5. The summed E-state index contributed by atoms with van der Waals surface area (Å²) in [5.74, 6) is 1.52. The van der Waals surface area contributed by atoms with E-state index in [4.69, 9.17) is 14.2 Å². The number of fused-ring (bicyclic) bond motifs is 2. The Morgan fingerprint density at radius 2 is 1.85 bits per heavy atom. The van der Waals surface area contributed by atoms with Crippen molar-refractivity contribution in [1.29, 1.82) is 0 Å². The number of nitrogens with zero attached hydrogens (tertiary/aromatic N) is 4. The Labute approximate surface area is 198 Å². The normalized spacial score (nSPS) is 21.7. The number of imidazole rings is 1. The number of morpholine rings is 1. The first-order valence-electron chi connectivity index (χ1n) is 11.8. The number of piperidine rings is 1. The summed E-state index contributed by atoms with van der Waals surface area (Å²) in [7, 11) is 0. The van der Waals surface area contributed by atoms with Gasteiger partial charge in [-0.3, -0.25) is 9.59 Å². The molecule has 180 valence electrons. The molecular weight excluding hydrogens is 436 g/mol. The van der Waals surface area contributed by atoms with E-state index in [1.807, 2.05) is 20.6 Å². The highest BCUT2D eigenvalue weighted by Gasteiger charge is 2.48. The number of benzene rings is 1. The third-order valence-electron chi connectivity index (χ3n) is 6.78. The molecule has 9 nitrogen and oxygen atoms in total. The molecule has 1 atom stereocenters. The van der Waals surface area contributed by atoms with Gasteiger partial charge < -0.3 is 28.6 Å². The Bertz CT molecular complexity index is 1040. The number of aromatic nitrogens is 2. The van der Waals surface area contributed by atoms with Crippen LogP contribution in [0.15, 0.2) is 49.3 Å². The van der Waals surface area contributed by atoms with Crippen LogP contribution >= 0.6 is 0 Å². The molecule has 1 aromatic heterocycles. The van der Waals surface area contributed by atoms with Crippen LogP contribution in [0.1, 0.15) is 29.0 Å². The van der Waals surface area contributed by atoms with Crippen LogP contribution in [0.25, 0.3) is 0 Å². The summed E-state index contributed by atoms with van der Waals surface area (Å²) in [6.45, 7) is 7.85. The largest absolute Gasteiger partial charge is 0.490 e. The standard InChI is InChI=1S/C25H30N4O5/c1-2-15-33-20-5-3-19(4-6-20)22(30)27-10-7-25(8-11-27)24-26-9-12-29(24)18-21(34-25)23(31)28-13-16-32-17-14-28/h2-6,9,12,21H,1,7-8,10-11,13-18H2. The Hall–Kier alpha value is -3.17. The maximum Gasteiger partial charge on any atom is 0.253 e. The summed E-state index contributed by atoms with van der Waals surface area (Å²) in [5.41, 5.74) is -0.0543. The average molecular weight is 467 g/mol. The molecule has 3 aliphatic rings. The van der Waals surface area contributed by atoms with Gasteiger partial charge in [0.1, 0.15) is 23.8 Å². The molecule has 0 aliphatic carbocycles. The minimum atomic E-state index is -0.673. The lowest BCUT2D eigenvalue weighted by Gasteiger charge is -2.46. The average Bonchev–Trinajstić information content (AvgIpc) is 3.38. The van der Waals surface area contributed by atoms with Gasteiger partial charge in [0.15, 0.2) is 6.10 Å². The lowest BCUT2D eigenvalue weighted by molar-refractivity contribution is -0.182. The zero-order valence-corrected chi connectivity index (χ0v) is 19.2. The highest BCUT2D eigenvalue weighted by atomic mass is 16.5. The van der Waals surface area contributed by atoms with E-state index in [2.05, 4.69) is 11.6 Å². The molecule has 0 saturated carbocycles. The molecule has 0 N–H and O–H groups in total. The molecule has 2 saturated heterocycles. The van der Waals surface area contributed by atoms with Crippen molar-refractivity contribution >= 4 is 11.8 Å². The van der Waals surface area contributed by atoms with Gasteiger partial charge in [-0.1, -0.05) is 12.7 Å². The number of hydrogen-bond acceptors (Lipinski definition) is 6. The molecule has 4 heterocycles. The number of likely N-dealkylation sites (tertiary alicyclic amines) is 1. The maximum absolute atomic E-state index is 13.2. The van der Waals surface area contributed by atoms with E-state index in [0.29, 0.717) is 76.7 Å². The van der Waals surface area contributed by atoms with Crippen molar-refractivity contribution in [3.63, 3.8) is 0 Å². The van der Waals surface area contributed by atoms with E-state index >= 15 is 0 Å². The maximum atomic E-state index is 13.2. The zero-order valence-electron chi connectivity index (χ0n) is 19.2. The third-order valence-corrected chi connectivity index (χ3v) is 6.78. The Kier molecular flexibility index (Phi) is 6.38. The summed E-state index contributed by atoms with van der Waals surface area (Å²) >= 11 is 0. The van der Waals surface area contributed by atoms with Crippen LogP contribution in [0.2, 0.25) is 0 Å². The number of hydrogen-bond donors (Lipinski definition) is 0. The third kappa shape index (κ3) is 4.33. The molecule has 0 radical (unpaired) electrons. The fourth-order valence-electron chi connectivity index (χ4n) is 4.96. The van der Waals surface area contributed by atoms with Crippen LogP contribution < -0.4 is 4.74 Å². The number of carbonyl (C=O) groups excluding carboxylic acids is 2. The van der Waals surface area contributed by atoms with Crippen molar-refractivity contribution in [3.8, 4) is 5.75 Å². The highest BCUT2D eigenvalue weighted by molar-refractivity contribution is 5.94. The second-order valence-electron chi connectivity index (χ2n) is 8.86. The van der Waals surface area contributed by atoms with Gasteiger partial charge in [0, 0.05) is 57.0 Å². The second-order valence-corrected chi connectivity index (χ2v) is 8.86. The van der Waals surface area contributed by atoms with Crippen molar-refractivity contribution in [1.82, 2.24) is 19.4 Å². The van der Waals surface area contributed by atoms with E-state index < -0.39 is 11.7 Å². The summed E-state index contributed by atoms with van der Waals surface area (Å²) in [6.07, 6.45) is 5.96. The first kappa shape index (κ1) is 22.6. The van der Waals surface area contributed by atoms with E-state index in [9.17, 15) is 9.59 Å². The molecule has 2 aromatic rings. The first-order chi connectivity index (χ1) is 16.6. The monoisotopic (exact) mass is 466 g/mol. The number of amides is 2. The molecule has 1 aromatic carbocycles. The molecule has 2 amide bonds. The van der Waals surface area contributed by atoms with Gasteiger partial charge in [0.05, 0.1) is 19.8 Å². The lowest BCUT2D eigenvalue weighted by Crippen LogP contribution is -2.56. The van der Waals surface area contributed by atoms with Crippen molar-refractivity contribution in [2.45, 2.75) is 31.1 Å². The molecule has 1 unspecified atom stereocenters. The Morgan fingerprint density at radius 3 is 2.56 bits per heavy atom. The molecule has 9 heteroatoms. The van der Waals surface area contributed by atoms with Crippen molar-refractivity contribution in [2.75, 3.05) is 46.0 Å². The summed E-state index contributed by atoms with van der Waals surface area (Å²) in [5, 5.41) is 0. The van der Waals surface area contributed by atoms with E-state index in [1.54, 1.807) is 36.5 Å². The van der Waals surface area contributed by atoms with Crippen LogP contribution in [0.5, 0.6) is 5.75 Å². The first-order valence-corrected chi connectivity index (χ1v) is 11.8. The minimum absolute atomic E-state index is 0.000654. The summed E-state index contributed by atoms with van der Waals surface area (Å²) in [6, 6.07) is 7.16. The molecular formula is C25H30N4O5. The second kappa shape index (κ2) is 9.60. The Balaban J connectivity index is 1.27. The number of ether oxygens (including phenoxy) is 3. The van der Waals surface area contributed by atoms with Crippen molar-refractivity contribution < 1.29 is 23.8 Å². The van der Waals surface area contributed by atoms with Crippen molar-refractivity contribution in [2.24, 2.45) is 0 Å². The van der Waals surface area contributed by atoms with Gasteiger partial charge in [-0.05, 0) is 24.3 Å². The quantitative estimate of drug-likeness (QED) is 0.625. The van der Waals surface area contributed by atoms with Gasteiger partial charge in [-0.2, -0.15) is 0 Å². The zero-order chi connectivity index (χ0) is 23.5. The fraction of sp³-hybridized carbons (Fsp3) is 0.480.